The Labute approximate surface area is 135 Å². The lowest BCUT2D eigenvalue weighted by molar-refractivity contribution is -0.116. The van der Waals surface area contributed by atoms with Crippen molar-refractivity contribution in [1.29, 1.82) is 0 Å². The van der Waals surface area contributed by atoms with Gasteiger partial charge < -0.3 is 15.0 Å². The Morgan fingerprint density at radius 2 is 2.09 bits per heavy atom. The van der Waals surface area contributed by atoms with Crippen molar-refractivity contribution in [3.05, 3.63) is 69.1 Å². The summed E-state index contributed by atoms with van der Waals surface area (Å²) < 4.78 is 5.13. The van der Waals surface area contributed by atoms with E-state index in [1.165, 1.54) is 6.08 Å². The van der Waals surface area contributed by atoms with E-state index in [0.29, 0.717) is 5.56 Å². The van der Waals surface area contributed by atoms with Gasteiger partial charge >= 0.3 is 0 Å². The zero-order valence-corrected chi connectivity index (χ0v) is 13.5. The van der Waals surface area contributed by atoms with Crippen LogP contribution in [0, 0.1) is 13.8 Å². The number of ether oxygens (including phenoxy) is 1. The van der Waals surface area contributed by atoms with Crippen LogP contribution in [0.1, 0.15) is 22.4 Å². The summed E-state index contributed by atoms with van der Waals surface area (Å²) in [7, 11) is 1.59. The van der Waals surface area contributed by atoms with Crippen molar-refractivity contribution in [2.75, 3.05) is 7.11 Å². The Balaban J connectivity index is 2.00. The van der Waals surface area contributed by atoms with E-state index in [2.05, 4.69) is 10.3 Å². The molecule has 0 aliphatic carbocycles. The smallest absolute Gasteiger partial charge is 0.253 e. The molecule has 0 atom stereocenters. The van der Waals surface area contributed by atoms with E-state index >= 15 is 0 Å². The summed E-state index contributed by atoms with van der Waals surface area (Å²) in [6.45, 7) is 3.88. The summed E-state index contributed by atoms with van der Waals surface area (Å²) in [6, 6.07) is 9.28. The van der Waals surface area contributed by atoms with Gasteiger partial charge in [0.05, 0.1) is 7.11 Å². The summed E-state index contributed by atoms with van der Waals surface area (Å²) in [5, 5.41) is 2.72. The third-order valence-electron chi connectivity index (χ3n) is 3.45. The van der Waals surface area contributed by atoms with Gasteiger partial charge in [-0.05, 0) is 49.2 Å². The molecular formula is C18H20N2O3. The maximum absolute atomic E-state index is 11.9. The summed E-state index contributed by atoms with van der Waals surface area (Å²) >= 11 is 0. The van der Waals surface area contributed by atoms with Crippen molar-refractivity contribution in [2.24, 2.45) is 0 Å². The number of carbonyl (C=O) groups is 1. The molecule has 0 saturated carbocycles. The SMILES string of the molecule is COc1cccc(/C=C/C(=O)NCc2c(C)cc(C)[nH]c2=O)c1. The van der Waals surface area contributed by atoms with Gasteiger partial charge in [-0.3, -0.25) is 9.59 Å². The van der Waals surface area contributed by atoms with Crippen LogP contribution in [0.3, 0.4) is 0 Å². The van der Waals surface area contributed by atoms with Crippen molar-refractivity contribution in [1.82, 2.24) is 10.3 Å². The van der Waals surface area contributed by atoms with Gasteiger partial charge in [-0.1, -0.05) is 12.1 Å². The molecule has 1 aromatic heterocycles. The van der Waals surface area contributed by atoms with Crippen molar-refractivity contribution in [3.63, 3.8) is 0 Å². The summed E-state index contributed by atoms with van der Waals surface area (Å²) in [5.41, 5.74) is 2.94. The lowest BCUT2D eigenvalue weighted by Gasteiger charge is -2.06. The normalized spacial score (nSPS) is 10.7. The lowest BCUT2D eigenvalue weighted by atomic mass is 10.1. The van der Waals surface area contributed by atoms with Crippen molar-refractivity contribution in [3.8, 4) is 5.75 Å². The van der Waals surface area contributed by atoms with E-state index in [4.69, 9.17) is 4.74 Å². The third kappa shape index (κ3) is 4.57. The quantitative estimate of drug-likeness (QED) is 0.832. The van der Waals surface area contributed by atoms with Crippen LogP contribution in [0.4, 0.5) is 0 Å². The first-order valence-electron chi connectivity index (χ1n) is 7.29. The molecule has 120 valence electrons. The molecule has 0 fully saturated rings. The minimum absolute atomic E-state index is 0.167. The zero-order valence-electron chi connectivity index (χ0n) is 13.5. The molecule has 0 bridgehead atoms. The van der Waals surface area contributed by atoms with Gasteiger partial charge in [0.25, 0.3) is 5.56 Å². The first kappa shape index (κ1) is 16.5. The van der Waals surface area contributed by atoms with E-state index in [-0.39, 0.29) is 18.0 Å². The van der Waals surface area contributed by atoms with Crippen LogP contribution in [-0.2, 0) is 11.3 Å². The zero-order chi connectivity index (χ0) is 16.8. The fourth-order valence-electron chi connectivity index (χ4n) is 2.25. The molecule has 5 heteroatoms. The average Bonchev–Trinajstić information content (AvgIpc) is 2.52. The van der Waals surface area contributed by atoms with Crippen LogP contribution in [0.25, 0.3) is 6.08 Å². The molecule has 1 aromatic carbocycles. The Hall–Kier alpha value is -2.82. The number of aromatic nitrogens is 1. The molecule has 2 N–H and O–H groups in total. The van der Waals surface area contributed by atoms with Crippen molar-refractivity contribution >= 4 is 12.0 Å². The monoisotopic (exact) mass is 312 g/mol. The Morgan fingerprint density at radius 1 is 1.30 bits per heavy atom. The number of methoxy groups -OCH3 is 1. The molecule has 0 saturated heterocycles. The average molecular weight is 312 g/mol. The standard InChI is InChI=1S/C18H20N2O3/c1-12-9-13(2)20-18(22)16(12)11-19-17(21)8-7-14-5-4-6-15(10-14)23-3/h4-10H,11H2,1-3H3,(H,19,21)(H,20,22)/b8-7+. The number of aryl methyl sites for hydroxylation is 2. The van der Waals surface area contributed by atoms with E-state index in [9.17, 15) is 9.59 Å². The molecule has 1 amide bonds. The molecule has 0 aliphatic rings. The molecule has 2 aromatic rings. The highest BCUT2D eigenvalue weighted by molar-refractivity contribution is 5.91. The predicted octanol–water partition coefficient (Wildman–Crippen LogP) is 2.33. The molecule has 23 heavy (non-hydrogen) atoms. The molecule has 1 heterocycles. The lowest BCUT2D eigenvalue weighted by Crippen LogP contribution is -2.26. The second-order valence-corrected chi connectivity index (χ2v) is 5.27. The number of hydrogen-bond acceptors (Lipinski definition) is 3. The van der Waals surface area contributed by atoms with E-state index in [0.717, 1.165) is 22.6 Å². The van der Waals surface area contributed by atoms with Crippen LogP contribution < -0.4 is 15.6 Å². The van der Waals surface area contributed by atoms with Gasteiger partial charge in [0.1, 0.15) is 5.75 Å². The summed E-state index contributed by atoms with van der Waals surface area (Å²) in [6.07, 6.45) is 3.14. The van der Waals surface area contributed by atoms with Gasteiger partial charge in [-0.25, -0.2) is 0 Å². The molecule has 0 radical (unpaired) electrons. The molecule has 5 nitrogen and oxygen atoms in total. The maximum Gasteiger partial charge on any atom is 0.253 e. The van der Waals surface area contributed by atoms with E-state index < -0.39 is 0 Å². The van der Waals surface area contributed by atoms with Crippen LogP contribution in [0.15, 0.2) is 41.2 Å². The molecule has 0 unspecified atom stereocenters. The van der Waals surface area contributed by atoms with Crippen molar-refractivity contribution < 1.29 is 9.53 Å². The highest BCUT2D eigenvalue weighted by Crippen LogP contribution is 2.13. The third-order valence-corrected chi connectivity index (χ3v) is 3.45. The molecule has 0 aliphatic heterocycles. The van der Waals surface area contributed by atoms with E-state index in [1.54, 1.807) is 13.2 Å². The topological polar surface area (TPSA) is 71.2 Å². The number of nitrogens with one attached hydrogen (secondary N) is 2. The van der Waals surface area contributed by atoms with Crippen LogP contribution in [0.2, 0.25) is 0 Å². The van der Waals surface area contributed by atoms with Gasteiger partial charge in [-0.15, -0.1) is 0 Å². The van der Waals surface area contributed by atoms with Crippen LogP contribution in [0.5, 0.6) is 5.75 Å². The Bertz CT molecular complexity index is 791. The molecule has 0 spiro atoms. The van der Waals surface area contributed by atoms with Crippen LogP contribution in [-0.4, -0.2) is 18.0 Å². The van der Waals surface area contributed by atoms with Gasteiger partial charge in [-0.2, -0.15) is 0 Å². The Morgan fingerprint density at radius 3 is 2.78 bits per heavy atom. The van der Waals surface area contributed by atoms with Crippen LogP contribution >= 0.6 is 0 Å². The fraction of sp³-hybridized carbons (Fsp3) is 0.222. The second-order valence-electron chi connectivity index (χ2n) is 5.27. The maximum atomic E-state index is 11.9. The van der Waals surface area contributed by atoms with Gasteiger partial charge in [0.15, 0.2) is 0 Å². The number of carbonyl (C=O) groups excluding carboxylic acids is 1. The summed E-state index contributed by atoms with van der Waals surface area (Å²) in [4.78, 5) is 26.5. The highest BCUT2D eigenvalue weighted by Gasteiger charge is 2.06. The first-order chi connectivity index (χ1) is 11.0. The number of hydrogen-bond donors (Lipinski definition) is 2. The number of aromatic amines is 1. The highest BCUT2D eigenvalue weighted by atomic mass is 16.5. The van der Waals surface area contributed by atoms with Crippen molar-refractivity contribution in [2.45, 2.75) is 20.4 Å². The van der Waals surface area contributed by atoms with Gasteiger partial charge in [0.2, 0.25) is 5.91 Å². The predicted molar refractivity (Wildman–Crippen MR) is 90.4 cm³/mol. The second kappa shape index (κ2) is 7.45. The molecule has 2 rings (SSSR count). The number of amides is 1. The number of pyridine rings is 1. The minimum atomic E-state index is -0.257. The number of H-pyrrole nitrogens is 1. The molecular weight excluding hydrogens is 292 g/mol. The number of rotatable bonds is 5. The summed E-state index contributed by atoms with van der Waals surface area (Å²) in [5.74, 6) is 0.474. The van der Waals surface area contributed by atoms with E-state index in [1.807, 2.05) is 44.2 Å². The minimum Gasteiger partial charge on any atom is -0.497 e. The first-order valence-corrected chi connectivity index (χ1v) is 7.29. The Kier molecular flexibility index (Phi) is 5.36. The largest absolute Gasteiger partial charge is 0.497 e. The van der Waals surface area contributed by atoms with Gasteiger partial charge in [0, 0.05) is 23.9 Å². The fourth-order valence-corrected chi connectivity index (χ4v) is 2.25. The number of benzene rings is 1.